The molecule has 0 saturated heterocycles. The molecule has 0 atom stereocenters. The van der Waals surface area contributed by atoms with Crippen molar-refractivity contribution >= 4 is 39.2 Å². The van der Waals surface area contributed by atoms with Gasteiger partial charge in [0.25, 0.3) is 0 Å². The van der Waals surface area contributed by atoms with Crippen molar-refractivity contribution in [3.05, 3.63) is 63.6 Å². The van der Waals surface area contributed by atoms with Gasteiger partial charge in [-0.05, 0) is 42.7 Å². The van der Waals surface area contributed by atoms with Gasteiger partial charge in [-0.2, -0.15) is 0 Å². The number of amides is 2. The topological polar surface area (TPSA) is 75.3 Å². The number of carbonyl (C=O) groups excluding carboxylic acids is 3. The Morgan fingerprint density at radius 1 is 0.964 bits per heavy atom. The lowest BCUT2D eigenvalue weighted by Gasteiger charge is -2.09. The lowest BCUT2D eigenvalue weighted by Crippen LogP contribution is -2.33. The number of ketones is 1. The van der Waals surface area contributed by atoms with E-state index < -0.39 is 0 Å². The summed E-state index contributed by atoms with van der Waals surface area (Å²) in [7, 11) is 0. The summed E-state index contributed by atoms with van der Waals surface area (Å²) in [5.74, 6) is -0.705. The molecule has 2 aromatic rings. The quantitative estimate of drug-likeness (QED) is 0.561. The van der Waals surface area contributed by atoms with E-state index in [0.717, 1.165) is 22.9 Å². The van der Waals surface area contributed by atoms with Crippen LogP contribution in [0.2, 0.25) is 0 Å². The van der Waals surface area contributed by atoms with Crippen LogP contribution in [-0.4, -0.2) is 24.1 Å². The standard InChI is InChI=1S/C22H25BrN2O3/c1-3-4-16-5-7-17(8-6-16)20(26)11-12-21(27)24-14-22(28)25-19-10-9-18(23)13-15(19)2/h5-10,13H,3-4,11-12,14H2,1-2H3,(H,24,27)(H,25,28). The highest BCUT2D eigenvalue weighted by Gasteiger charge is 2.11. The molecule has 2 amide bonds. The number of anilines is 1. The molecule has 0 saturated carbocycles. The van der Waals surface area contributed by atoms with Crippen LogP contribution in [0.5, 0.6) is 0 Å². The summed E-state index contributed by atoms with van der Waals surface area (Å²) in [5.41, 5.74) is 3.42. The molecule has 0 spiro atoms. The second-order valence-corrected chi connectivity index (χ2v) is 7.57. The highest BCUT2D eigenvalue weighted by molar-refractivity contribution is 9.10. The maximum atomic E-state index is 12.2. The fraction of sp³-hybridized carbons (Fsp3) is 0.318. The fourth-order valence-corrected chi connectivity index (χ4v) is 3.22. The fourth-order valence-electron chi connectivity index (χ4n) is 2.75. The molecule has 0 aliphatic heterocycles. The Morgan fingerprint density at radius 3 is 2.32 bits per heavy atom. The lowest BCUT2D eigenvalue weighted by molar-refractivity contribution is -0.124. The number of rotatable bonds is 9. The zero-order chi connectivity index (χ0) is 20.5. The maximum absolute atomic E-state index is 12.2. The first-order valence-electron chi connectivity index (χ1n) is 9.34. The Kier molecular flexibility index (Phi) is 8.39. The molecular weight excluding hydrogens is 420 g/mol. The average Bonchev–Trinajstić information content (AvgIpc) is 2.67. The van der Waals surface area contributed by atoms with E-state index in [1.54, 1.807) is 18.2 Å². The molecule has 0 heterocycles. The Labute approximate surface area is 174 Å². The van der Waals surface area contributed by atoms with E-state index in [1.807, 2.05) is 31.2 Å². The van der Waals surface area contributed by atoms with Crippen LogP contribution in [0.4, 0.5) is 5.69 Å². The second kappa shape index (κ2) is 10.8. The molecule has 0 bridgehead atoms. The summed E-state index contributed by atoms with van der Waals surface area (Å²) < 4.78 is 0.931. The number of aryl methyl sites for hydroxylation is 2. The highest BCUT2D eigenvalue weighted by atomic mass is 79.9. The second-order valence-electron chi connectivity index (χ2n) is 6.65. The third-order valence-corrected chi connectivity index (χ3v) is 4.80. The monoisotopic (exact) mass is 444 g/mol. The van der Waals surface area contributed by atoms with Crippen molar-refractivity contribution in [2.24, 2.45) is 0 Å². The third kappa shape index (κ3) is 6.93. The van der Waals surface area contributed by atoms with Gasteiger partial charge in [0.15, 0.2) is 5.78 Å². The average molecular weight is 445 g/mol. The van der Waals surface area contributed by atoms with E-state index in [9.17, 15) is 14.4 Å². The number of carbonyl (C=O) groups is 3. The molecule has 0 unspecified atom stereocenters. The minimum atomic E-state index is -0.321. The molecule has 0 fully saturated rings. The summed E-state index contributed by atoms with van der Waals surface area (Å²) >= 11 is 3.37. The van der Waals surface area contributed by atoms with Crippen LogP contribution in [0.1, 0.15) is 47.7 Å². The number of halogens is 1. The zero-order valence-electron chi connectivity index (χ0n) is 16.2. The van der Waals surface area contributed by atoms with Crippen molar-refractivity contribution in [1.82, 2.24) is 5.32 Å². The van der Waals surface area contributed by atoms with Gasteiger partial charge in [-0.25, -0.2) is 0 Å². The number of benzene rings is 2. The minimum Gasteiger partial charge on any atom is -0.347 e. The van der Waals surface area contributed by atoms with Gasteiger partial charge in [-0.1, -0.05) is 53.5 Å². The van der Waals surface area contributed by atoms with Gasteiger partial charge in [-0.3, -0.25) is 14.4 Å². The van der Waals surface area contributed by atoms with Gasteiger partial charge in [0.1, 0.15) is 0 Å². The van der Waals surface area contributed by atoms with Gasteiger partial charge in [0, 0.05) is 28.6 Å². The Hall–Kier alpha value is -2.47. The molecule has 2 rings (SSSR count). The summed E-state index contributed by atoms with van der Waals surface area (Å²) in [4.78, 5) is 36.1. The van der Waals surface area contributed by atoms with Crippen LogP contribution in [0.3, 0.4) is 0 Å². The minimum absolute atomic E-state index is 0.0557. The first-order chi connectivity index (χ1) is 13.4. The van der Waals surface area contributed by atoms with E-state index >= 15 is 0 Å². The van der Waals surface area contributed by atoms with E-state index in [2.05, 4.69) is 33.5 Å². The molecule has 148 valence electrons. The van der Waals surface area contributed by atoms with Gasteiger partial charge < -0.3 is 10.6 Å². The van der Waals surface area contributed by atoms with Crippen molar-refractivity contribution in [2.75, 3.05) is 11.9 Å². The van der Waals surface area contributed by atoms with Gasteiger partial charge in [0.05, 0.1) is 6.54 Å². The van der Waals surface area contributed by atoms with Crippen LogP contribution >= 0.6 is 15.9 Å². The number of Topliss-reactive ketones (excluding diaryl/α,β-unsaturated/α-hetero) is 1. The Balaban J connectivity index is 1.74. The van der Waals surface area contributed by atoms with Crippen molar-refractivity contribution < 1.29 is 14.4 Å². The first kappa shape index (κ1) is 21.8. The van der Waals surface area contributed by atoms with Crippen molar-refractivity contribution in [3.63, 3.8) is 0 Å². The van der Waals surface area contributed by atoms with Crippen LogP contribution < -0.4 is 10.6 Å². The zero-order valence-corrected chi connectivity index (χ0v) is 17.8. The number of hydrogen-bond acceptors (Lipinski definition) is 3. The summed E-state index contributed by atoms with van der Waals surface area (Å²) in [6.07, 6.45) is 2.22. The predicted octanol–water partition coefficient (Wildman–Crippen LogP) is 4.43. The molecule has 28 heavy (non-hydrogen) atoms. The number of nitrogens with one attached hydrogen (secondary N) is 2. The molecule has 5 nitrogen and oxygen atoms in total. The van der Waals surface area contributed by atoms with E-state index in [0.29, 0.717) is 11.3 Å². The van der Waals surface area contributed by atoms with E-state index in [1.165, 1.54) is 5.56 Å². The largest absolute Gasteiger partial charge is 0.347 e. The van der Waals surface area contributed by atoms with Crippen molar-refractivity contribution in [1.29, 1.82) is 0 Å². The van der Waals surface area contributed by atoms with Gasteiger partial charge in [0.2, 0.25) is 11.8 Å². The normalized spacial score (nSPS) is 10.4. The van der Waals surface area contributed by atoms with Crippen LogP contribution in [-0.2, 0) is 16.0 Å². The Morgan fingerprint density at radius 2 is 1.68 bits per heavy atom. The maximum Gasteiger partial charge on any atom is 0.243 e. The molecule has 0 radical (unpaired) electrons. The van der Waals surface area contributed by atoms with Crippen molar-refractivity contribution in [3.8, 4) is 0 Å². The lowest BCUT2D eigenvalue weighted by atomic mass is 10.0. The first-order valence-corrected chi connectivity index (χ1v) is 10.1. The number of hydrogen-bond donors (Lipinski definition) is 2. The molecule has 0 aromatic heterocycles. The van der Waals surface area contributed by atoms with E-state index in [4.69, 9.17) is 0 Å². The summed E-state index contributed by atoms with van der Waals surface area (Å²) in [6, 6.07) is 13.0. The molecule has 2 aromatic carbocycles. The van der Waals surface area contributed by atoms with Crippen LogP contribution in [0.25, 0.3) is 0 Å². The Bertz CT molecular complexity index is 847. The SMILES string of the molecule is CCCc1ccc(C(=O)CCC(=O)NCC(=O)Nc2ccc(Br)cc2C)cc1. The highest BCUT2D eigenvalue weighted by Crippen LogP contribution is 2.19. The molecule has 0 aliphatic carbocycles. The van der Waals surface area contributed by atoms with Crippen LogP contribution in [0, 0.1) is 6.92 Å². The molecule has 6 heteroatoms. The molecule has 2 N–H and O–H groups in total. The summed E-state index contributed by atoms with van der Waals surface area (Å²) in [6.45, 7) is 3.87. The summed E-state index contributed by atoms with van der Waals surface area (Å²) in [5, 5.41) is 5.31. The molecular formula is C22H25BrN2O3. The smallest absolute Gasteiger partial charge is 0.243 e. The third-order valence-electron chi connectivity index (χ3n) is 4.30. The van der Waals surface area contributed by atoms with Crippen LogP contribution in [0.15, 0.2) is 46.9 Å². The van der Waals surface area contributed by atoms with Gasteiger partial charge in [-0.15, -0.1) is 0 Å². The predicted molar refractivity (Wildman–Crippen MR) is 115 cm³/mol. The molecule has 0 aliphatic rings. The van der Waals surface area contributed by atoms with Gasteiger partial charge >= 0.3 is 0 Å². The van der Waals surface area contributed by atoms with E-state index in [-0.39, 0.29) is 37.0 Å². The van der Waals surface area contributed by atoms with Crippen molar-refractivity contribution in [2.45, 2.75) is 39.5 Å².